The van der Waals surface area contributed by atoms with Crippen LogP contribution in [0.15, 0.2) is 22.7 Å². The minimum atomic E-state index is 0.0870. The summed E-state index contributed by atoms with van der Waals surface area (Å²) in [6.45, 7) is 3.96. The largest absolute Gasteiger partial charge is 0.328 e. The maximum atomic E-state index is 5.76. The number of aryl methyl sites for hydroxylation is 1. The fourth-order valence-corrected chi connectivity index (χ4v) is 2.05. The van der Waals surface area contributed by atoms with Gasteiger partial charge < -0.3 is 5.73 Å². The van der Waals surface area contributed by atoms with Gasteiger partial charge in [0.1, 0.15) is 5.82 Å². The minimum Gasteiger partial charge on any atom is -0.328 e. The molecule has 1 unspecified atom stereocenters. The van der Waals surface area contributed by atoms with E-state index in [0.29, 0.717) is 6.42 Å². The van der Waals surface area contributed by atoms with Crippen LogP contribution in [0.3, 0.4) is 0 Å². The van der Waals surface area contributed by atoms with E-state index >= 15 is 0 Å². The molecule has 2 aromatic rings. The van der Waals surface area contributed by atoms with Crippen LogP contribution in [-0.2, 0) is 6.42 Å². The molecule has 1 aromatic carbocycles. The van der Waals surface area contributed by atoms with E-state index in [4.69, 9.17) is 5.73 Å². The van der Waals surface area contributed by atoms with Crippen molar-refractivity contribution in [2.24, 2.45) is 5.73 Å². The van der Waals surface area contributed by atoms with Crippen LogP contribution in [0.5, 0.6) is 0 Å². The summed E-state index contributed by atoms with van der Waals surface area (Å²) < 4.78 is 1.03. The average molecular weight is 280 g/mol. The molecule has 3 nitrogen and oxygen atoms in total. The van der Waals surface area contributed by atoms with E-state index in [9.17, 15) is 0 Å². The van der Waals surface area contributed by atoms with Gasteiger partial charge in [0, 0.05) is 28.0 Å². The zero-order valence-electron chi connectivity index (χ0n) is 9.37. The summed E-state index contributed by atoms with van der Waals surface area (Å²) in [5, 5.41) is 1.09. The predicted molar refractivity (Wildman–Crippen MR) is 69.3 cm³/mol. The number of hydrogen-bond acceptors (Lipinski definition) is 3. The van der Waals surface area contributed by atoms with E-state index in [1.54, 1.807) is 0 Å². The van der Waals surface area contributed by atoms with Crippen molar-refractivity contribution >= 4 is 26.8 Å². The lowest BCUT2D eigenvalue weighted by molar-refractivity contribution is 0.703. The standard InChI is InChI=1S/C12H14BrN3/c1-7(14)5-12-15-8(2)10-4-3-9(13)6-11(10)16-12/h3-4,6-7H,5,14H2,1-2H3. The normalized spacial score (nSPS) is 13.0. The molecule has 0 bridgehead atoms. The van der Waals surface area contributed by atoms with Crippen LogP contribution >= 0.6 is 15.9 Å². The van der Waals surface area contributed by atoms with Crippen molar-refractivity contribution in [1.29, 1.82) is 0 Å². The highest BCUT2D eigenvalue weighted by Gasteiger charge is 2.06. The van der Waals surface area contributed by atoms with Gasteiger partial charge in [-0.1, -0.05) is 15.9 Å². The molecule has 0 aliphatic rings. The Morgan fingerprint density at radius 3 is 2.81 bits per heavy atom. The smallest absolute Gasteiger partial charge is 0.130 e. The highest BCUT2D eigenvalue weighted by Crippen LogP contribution is 2.20. The average Bonchev–Trinajstić information content (AvgIpc) is 2.15. The van der Waals surface area contributed by atoms with Gasteiger partial charge in [-0.3, -0.25) is 0 Å². The molecule has 84 valence electrons. The second-order valence-electron chi connectivity index (χ2n) is 4.07. The first-order valence-electron chi connectivity index (χ1n) is 5.24. The Hall–Kier alpha value is -1.000. The Morgan fingerprint density at radius 2 is 2.12 bits per heavy atom. The summed E-state index contributed by atoms with van der Waals surface area (Å²) in [5.74, 6) is 0.818. The topological polar surface area (TPSA) is 51.8 Å². The number of fused-ring (bicyclic) bond motifs is 1. The molecule has 1 aromatic heterocycles. The number of hydrogen-bond donors (Lipinski definition) is 1. The number of halogens is 1. The molecule has 2 rings (SSSR count). The third kappa shape index (κ3) is 2.39. The third-order valence-corrected chi connectivity index (χ3v) is 2.89. The summed E-state index contributed by atoms with van der Waals surface area (Å²) in [7, 11) is 0. The first kappa shape index (κ1) is 11.5. The molecule has 1 atom stereocenters. The van der Waals surface area contributed by atoms with E-state index in [2.05, 4.69) is 25.9 Å². The van der Waals surface area contributed by atoms with Crippen LogP contribution in [0.1, 0.15) is 18.4 Å². The quantitative estimate of drug-likeness (QED) is 0.919. The Kier molecular flexibility index (Phi) is 3.21. The van der Waals surface area contributed by atoms with E-state index in [0.717, 1.165) is 26.9 Å². The van der Waals surface area contributed by atoms with Crippen LogP contribution in [0.2, 0.25) is 0 Å². The molecule has 0 spiro atoms. The van der Waals surface area contributed by atoms with Crippen LogP contribution in [-0.4, -0.2) is 16.0 Å². The van der Waals surface area contributed by atoms with Crippen LogP contribution in [0.25, 0.3) is 10.9 Å². The fourth-order valence-electron chi connectivity index (χ4n) is 1.70. The molecule has 16 heavy (non-hydrogen) atoms. The third-order valence-electron chi connectivity index (χ3n) is 2.40. The van der Waals surface area contributed by atoms with Crippen molar-refractivity contribution < 1.29 is 0 Å². The maximum absolute atomic E-state index is 5.76. The molecule has 0 amide bonds. The van der Waals surface area contributed by atoms with Gasteiger partial charge >= 0.3 is 0 Å². The van der Waals surface area contributed by atoms with Gasteiger partial charge in [0.2, 0.25) is 0 Å². The minimum absolute atomic E-state index is 0.0870. The van der Waals surface area contributed by atoms with Gasteiger partial charge in [-0.15, -0.1) is 0 Å². The monoisotopic (exact) mass is 279 g/mol. The first-order chi connectivity index (χ1) is 7.56. The van der Waals surface area contributed by atoms with Gasteiger partial charge in [0.15, 0.2) is 0 Å². The molecule has 0 aliphatic heterocycles. The summed E-state index contributed by atoms with van der Waals surface area (Å²) in [5.41, 5.74) is 7.74. The van der Waals surface area contributed by atoms with Crippen LogP contribution in [0.4, 0.5) is 0 Å². The van der Waals surface area contributed by atoms with E-state index in [1.807, 2.05) is 32.0 Å². The van der Waals surface area contributed by atoms with Crippen LogP contribution in [0, 0.1) is 6.92 Å². The van der Waals surface area contributed by atoms with Crippen LogP contribution < -0.4 is 5.73 Å². The molecule has 4 heteroatoms. The molecule has 0 radical (unpaired) electrons. The van der Waals surface area contributed by atoms with Gasteiger partial charge in [-0.05, 0) is 32.0 Å². The Labute approximate surface area is 103 Å². The molecule has 1 heterocycles. The SMILES string of the molecule is Cc1nc(CC(C)N)nc2cc(Br)ccc12. The zero-order valence-corrected chi connectivity index (χ0v) is 11.0. The lowest BCUT2D eigenvalue weighted by Crippen LogP contribution is -2.19. The van der Waals surface area contributed by atoms with E-state index in [1.165, 1.54) is 0 Å². The Morgan fingerprint density at radius 1 is 1.38 bits per heavy atom. The molecule has 0 aliphatic carbocycles. The zero-order chi connectivity index (χ0) is 11.7. The Bertz CT molecular complexity index is 523. The highest BCUT2D eigenvalue weighted by atomic mass is 79.9. The second-order valence-corrected chi connectivity index (χ2v) is 4.98. The molecular weight excluding hydrogens is 266 g/mol. The summed E-state index contributed by atoms with van der Waals surface area (Å²) >= 11 is 3.45. The predicted octanol–water partition coefficient (Wildman–Crippen LogP) is 2.59. The number of rotatable bonds is 2. The fraction of sp³-hybridized carbons (Fsp3) is 0.333. The van der Waals surface area contributed by atoms with Gasteiger partial charge in [-0.2, -0.15) is 0 Å². The van der Waals surface area contributed by atoms with Gasteiger partial charge in [-0.25, -0.2) is 9.97 Å². The van der Waals surface area contributed by atoms with Crippen molar-refractivity contribution in [2.75, 3.05) is 0 Å². The summed E-state index contributed by atoms with van der Waals surface area (Å²) in [4.78, 5) is 8.98. The summed E-state index contributed by atoms with van der Waals surface area (Å²) in [6, 6.07) is 6.13. The van der Waals surface area contributed by atoms with Crippen molar-refractivity contribution in [3.63, 3.8) is 0 Å². The maximum Gasteiger partial charge on any atom is 0.130 e. The molecule has 2 N–H and O–H groups in total. The molecule has 0 saturated carbocycles. The van der Waals surface area contributed by atoms with Crippen molar-refractivity contribution in [1.82, 2.24) is 9.97 Å². The number of aromatic nitrogens is 2. The van der Waals surface area contributed by atoms with Gasteiger partial charge in [0.05, 0.1) is 5.52 Å². The highest BCUT2D eigenvalue weighted by molar-refractivity contribution is 9.10. The van der Waals surface area contributed by atoms with Crippen molar-refractivity contribution in [3.05, 3.63) is 34.2 Å². The van der Waals surface area contributed by atoms with Gasteiger partial charge in [0.25, 0.3) is 0 Å². The van der Waals surface area contributed by atoms with E-state index < -0.39 is 0 Å². The lowest BCUT2D eigenvalue weighted by atomic mass is 10.1. The molecule has 0 fully saturated rings. The Balaban J connectivity index is 2.56. The van der Waals surface area contributed by atoms with Crippen molar-refractivity contribution in [3.8, 4) is 0 Å². The lowest BCUT2D eigenvalue weighted by Gasteiger charge is -2.07. The second kappa shape index (κ2) is 4.47. The number of nitrogens with two attached hydrogens (primary N) is 1. The van der Waals surface area contributed by atoms with Crippen molar-refractivity contribution in [2.45, 2.75) is 26.3 Å². The number of benzene rings is 1. The molecule has 0 saturated heterocycles. The number of nitrogens with zero attached hydrogens (tertiary/aromatic N) is 2. The molecular formula is C12H14BrN3. The summed E-state index contributed by atoms with van der Waals surface area (Å²) in [6.07, 6.45) is 0.712. The first-order valence-corrected chi connectivity index (χ1v) is 6.04. The van der Waals surface area contributed by atoms with E-state index in [-0.39, 0.29) is 6.04 Å².